The molecule has 2 rings (SSSR count). The van der Waals surface area contributed by atoms with Crippen LogP contribution >= 0.6 is 31.9 Å². The molecular formula is C15H14Br2FNO. The summed E-state index contributed by atoms with van der Waals surface area (Å²) in [6.07, 6.45) is 0. The number of hydrogen-bond acceptors (Lipinski definition) is 2. The Hall–Kier alpha value is -0.910. The molecule has 0 saturated heterocycles. The lowest BCUT2D eigenvalue weighted by Gasteiger charge is -2.17. The summed E-state index contributed by atoms with van der Waals surface area (Å²) in [6, 6.07) is 10.2. The monoisotopic (exact) mass is 401 g/mol. The lowest BCUT2D eigenvalue weighted by atomic mass is 10.1. The summed E-state index contributed by atoms with van der Waals surface area (Å²) in [5.41, 5.74) is 0.780. The van der Waals surface area contributed by atoms with Crippen LogP contribution in [-0.4, -0.2) is 7.05 Å². The molecule has 0 saturated carbocycles. The average Bonchev–Trinajstić information content (AvgIpc) is 2.42. The first-order valence-corrected chi connectivity index (χ1v) is 7.69. The summed E-state index contributed by atoms with van der Waals surface area (Å²) in [7, 11) is 1.83. The van der Waals surface area contributed by atoms with Crippen LogP contribution in [0.15, 0.2) is 45.3 Å². The highest BCUT2D eigenvalue weighted by Gasteiger charge is 2.13. The summed E-state index contributed by atoms with van der Waals surface area (Å²) < 4.78 is 21.1. The molecule has 0 aliphatic carbocycles. The average molecular weight is 403 g/mol. The van der Waals surface area contributed by atoms with E-state index in [9.17, 15) is 4.39 Å². The van der Waals surface area contributed by atoms with Gasteiger partial charge in [0.05, 0.1) is 4.47 Å². The Balaban J connectivity index is 2.37. The maximum atomic E-state index is 13.4. The normalized spacial score (nSPS) is 12.2. The molecule has 0 aromatic heterocycles. The van der Waals surface area contributed by atoms with E-state index < -0.39 is 0 Å². The first kappa shape index (κ1) is 15.5. The molecule has 2 aromatic carbocycles. The molecule has 0 heterocycles. The second-order valence-corrected chi connectivity index (χ2v) is 6.14. The molecule has 0 aliphatic heterocycles. The van der Waals surface area contributed by atoms with Crippen molar-refractivity contribution in [2.24, 2.45) is 0 Å². The van der Waals surface area contributed by atoms with Crippen molar-refractivity contribution in [3.8, 4) is 11.5 Å². The summed E-state index contributed by atoms with van der Waals surface area (Å²) in [4.78, 5) is 0. The minimum absolute atomic E-state index is 0.00470. The lowest BCUT2D eigenvalue weighted by molar-refractivity contribution is 0.460. The standard InChI is InChI=1S/C15H14Br2FNO/c1-9(19-2)12-8-11(18)4-6-14(12)20-15-5-3-10(16)7-13(15)17/h3-9,19H,1-2H3. The molecule has 1 atom stereocenters. The molecular weight excluding hydrogens is 389 g/mol. The molecule has 2 aromatic rings. The van der Waals surface area contributed by atoms with Gasteiger partial charge < -0.3 is 10.1 Å². The van der Waals surface area contributed by atoms with Crippen molar-refractivity contribution in [3.05, 3.63) is 56.7 Å². The van der Waals surface area contributed by atoms with E-state index in [0.717, 1.165) is 14.5 Å². The molecule has 0 amide bonds. The van der Waals surface area contributed by atoms with Gasteiger partial charge in [-0.15, -0.1) is 0 Å². The van der Waals surface area contributed by atoms with Gasteiger partial charge in [-0.2, -0.15) is 0 Å². The Kier molecular flexibility index (Phi) is 5.18. The van der Waals surface area contributed by atoms with Gasteiger partial charge in [0.25, 0.3) is 0 Å². The first-order chi connectivity index (χ1) is 9.51. The van der Waals surface area contributed by atoms with Crippen LogP contribution in [0, 0.1) is 5.82 Å². The number of nitrogens with one attached hydrogen (secondary N) is 1. The van der Waals surface area contributed by atoms with Crippen molar-refractivity contribution >= 4 is 31.9 Å². The van der Waals surface area contributed by atoms with Crippen molar-refractivity contribution in [2.45, 2.75) is 13.0 Å². The van der Waals surface area contributed by atoms with Gasteiger partial charge in [0.1, 0.15) is 17.3 Å². The molecule has 2 nitrogen and oxygen atoms in total. The number of rotatable bonds is 4. The van der Waals surface area contributed by atoms with E-state index in [0.29, 0.717) is 11.5 Å². The fourth-order valence-corrected chi connectivity index (χ4v) is 2.91. The van der Waals surface area contributed by atoms with Gasteiger partial charge in [-0.3, -0.25) is 0 Å². The zero-order chi connectivity index (χ0) is 14.7. The second kappa shape index (κ2) is 6.70. The van der Waals surface area contributed by atoms with Crippen LogP contribution in [0.2, 0.25) is 0 Å². The fourth-order valence-electron chi connectivity index (χ4n) is 1.78. The first-order valence-electron chi connectivity index (χ1n) is 6.11. The van der Waals surface area contributed by atoms with E-state index in [1.165, 1.54) is 12.1 Å². The predicted octanol–water partition coefficient (Wildman–Crippen LogP) is 5.42. The fraction of sp³-hybridized carbons (Fsp3) is 0.200. The van der Waals surface area contributed by atoms with Crippen LogP contribution in [0.3, 0.4) is 0 Å². The molecule has 1 N–H and O–H groups in total. The van der Waals surface area contributed by atoms with Crippen LogP contribution in [0.1, 0.15) is 18.5 Å². The third-order valence-electron chi connectivity index (χ3n) is 2.99. The Bertz CT molecular complexity index is 619. The molecule has 0 fully saturated rings. The van der Waals surface area contributed by atoms with Crippen molar-refractivity contribution < 1.29 is 9.13 Å². The predicted molar refractivity (Wildman–Crippen MR) is 85.8 cm³/mol. The molecule has 0 radical (unpaired) electrons. The molecule has 0 spiro atoms. The van der Waals surface area contributed by atoms with E-state index in [4.69, 9.17) is 4.74 Å². The zero-order valence-electron chi connectivity index (χ0n) is 11.1. The third kappa shape index (κ3) is 3.59. The van der Waals surface area contributed by atoms with Crippen LogP contribution in [0.4, 0.5) is 4.39 Å². The highest BCUT2D eigenvalue weighted by molar-refractivity contribution is 9.11. The molecule has 106 valence electrons. The summed E-state index contributed by atoms with van der Waals surface area (Å²) >= 11 is 6.85. The van der Waals surface area contributed by atoms with Crippen LogP contribution in [0.5, 0.6) is 11.5 Å². The van der Waals surface area contributed by atoms with Gasteiger partial charge in [-0.05, 0) is 66.3 Å². The lowest BCUT2D eigenvalue weighted by Crippen LogP contribution is -2.13. The van der Waals surface area contributed by atoms with E-state index in [2.05, 4.69) is 37.2 Å². The van der Waals surface area contributed by atoms with Gasteiger partial charge in [-0.25, -0.2) is 4.39 Å². The largest absolute Gasteiger partial charge is 0.456 e. The molecule has 20 heavy (non-hydrogen) atoms. The van der Waals surface area contributed by atoms with Gasteiger partial charge in [0.15, 0.2) is 0 Å². The summed E-state index contributed by atoms with van der Waals surface area (Å²) in [5, 5.41) is 3.09. The third-order valence-corrected chi connectivity index (χ3v) is 4.10. The van der Waals surface area contributed by atoms with Crippen LogP contribution in [-0.2, 0) is 0 Å². The Morgan fingerprint density at radius 2 is 1.80 bits per heavy atom. The van der Waals surface area contributed by atoms with Gasteiger partial charge in [-0.1, -0.05) is 15.9 Å². The smallest absolute Gasteiger partial charge is 0.141 e. The second-order valence-electron chi connectivity index (χ2n) is 4.37. The van der Waals surface area contributed by atoms with Crippen molar-refractivity contribution in [1.29, 1.82) is 0 Å². The van der Waals surface area contributed by atoms with Gasteiger partial charge >= 0.3 is 0 Å². The van der Waals surface area contributed by atoms with E-state index in [1.54, 1.807) is 6.07 Å². The molecule has 5 heteroatoms. The zero-order valence-corrected chi connectivity index (χ0v) is 14.3. The van der Waals surface area contributed by atoms with Crippen molar-refractivity contribution in [2.75, 3.05) is 7.05 Å². The van der Waals surface area contributed by atoms with E-state index in [-0.39, 0.29) is 11.9 Å². The number of hydrogen-bond donors (Lipinski definition) is 1. The highest BCUT2D eigenvalue weighted by atomic mass is 79.9. The van der Waals surface area contributed by atoms with Gasteiger partial charge in [0, 0.05) is 16.1 Å². The molecule has 0 bridgehead atoms. The number of halogens is 3. The molecule has 1 unspecified atom stereocenters. The van der Waals surface area contributed by atoms with E-state index in [1.807, 2.05) is 32.2 Å². The minimum atomic E-state index is -0.274. The maximum Gasteiger partial charge on any atom is 0.141 e. The van der Waals surface area contributed by atoms with Gasteiger partial charge in [0.2, 0.25) is 0 Å². The quantitative estimate of drug-likeness (QED) is 0.736. The Morgan fingerprint density at radius 1 is 1.10 bits per heavy atom. The molecule has 0 aliphatic rings. The Morgan fingerprint density at radius 3 is 2.45 bits per heavy atom. The number of benzene rings is 2. The van der Waals surface area contributed by atoms with Crippen LogP contribution in [0.25, 0.3) is 0 Å². The number of ether oxygens (including phenoxy) is 1. The Labute approximate surface area is 134 Å². The van der Waals surface area contributed by atoms with Crippen molar-refractivity contribution in [1.82, 2.24) is 5.32 Å². The van der Waals surface area contributed by atoms with Crippen LogP contribution < -0.4 is 10.1 Å². The maximum absolute atomic E-state index is 13.4. The SMILES string of the molecule is CNC(C)c1cc(F)ccc1Oc1ccc(Br)cc1Br. The van der Waals surface area contributed by atoms with Crippen molar-refractivity contribution in [3.63, 3.8) is 0 Å². The van der Waals surface area contributed by atoms with E-state index >= 15 is 0 Å². The minimum Gasteiger partial charge on any atom is -0.456 e. The summed E-state index contributed by atoms with van der Waals surface area (Å²) in [5.74, 6) is 1.05. The summed E-state index contributed by atoms with van der Waals surface area (Å²) in [6.45, 7) is 1.96. The topological polar surface area (TPSA) is 21.3 Å². The highest BCUT2D eigenvalue weighted by Crippen LogP contribution is 2.35.